The van der Waals surface area contributed by atoms with E-state index in [0.717, 1.165) is 28.5 Å². The summed E-state index contributed by atoms with van der Waals surface area (Å²) in [6.45, 7) is 0.478. The second kappa shape index (κ2) is 7.06. The van der Waals surface area contributed by atoms with E-state index in [0.29, 0.717) is 23.1 Å². The zero-order chi connectivity index (χ0) is 17.9. The van der Waals surface area contributed by atoms with Crippen LogP contribution in [0.1, 0.15) is 16.1 Å². The van der Waals surface area contributed by atoms with Crippen molar-refractivity contribution in [3.63, 3.8) is 0 Å². The molecule has 128 valence electrons. The van der Waals surface area contributed by atoms with Crippen molar-refractivity contribution in [1.82, 2.24) is 4.40 Å². The molecule has 0 aliphatic heterocycles. The van der Waals surface area contributed by atoms with Gasteiger partial charge in [-0.3, -0.25) is 4.79 Å². The fraction of sp³-hybridized carbons (Fsp3) is 0.0455. The van der Waals surface area contributed by atoms with Crippen LogP contribution in [0.5, 0.6) is 5.75 Å². The second-order valence-electron chi connectivity index (χ2n) is 5.97. The Labute approximate surface area is 156 Å². The highest BCUT2D eigenvalue weighted by Crippen LogP contribution is 2.34. The summed E-state index contributed by atoms with van der Waals surface area (Å²) in [6.07, 6.45) is 2.73. The Kier molecular flexibility index (Phi) is 4.46. The van der Waals surface area contributed by atoms with Gasteiger partial charge in [0.15, 0.2) is 6.29 Å². The fourth-order valence-corrected chi connectivity index (χ4v) is 3.30. The smallest absolute Gasteiger partial charge is 0.167 e. The number of aldehydes is 1. The molecular weight excluding hydrogens is 346 g/mol. The fourth-order valence-electron chi connectivity index (χ4n) is 3.03. The number of aromatic nitrogens is 1. The van der Waals surface area contributed by atoms with Gasteiger partial charge in [0.1, 0.15) is 12.4 Å². The quantitative estimate of drug-likeness (QED) is 0.430. The van der Waals surface area contributed by atoms with Gasteiger partial charge in [-0.05, 0) is 42.0 Å². The van der Waals surface area contributed by atoms with Crippen molar-refractivity contribution in [3.8, 4) is 16.9 Å². The molecule has 0 aliphatic carbocycles. The lowest BCUT2D eigenvalue weighted by atomic mass is 10.1. The highest BCUT2D eigenvalue weighted by atomic mass is 35.5. The minimum absolute atomic E-state index is 0.478. The Morgan fingerprint density at radius 2 is 1.73 bits per heavy atom. The van der Waals surface area contributed by atoms with Gasteiger partial charge in [-0.15, -0.1) is 0 Å². The van der Waals surface area contributed by atoms with Crippen molar-refractivity contribution < 1.29 is 9.53 Å². The van der Waals surface area contributed by atoms with Crippen molar-refractivity contribution in [2.45, 2.75) is 6.61 Å². The third kappa shape index (κ3) is 3.09. The van der Waals surface area contributed by atoms with Crippen molar-refractivity contribution in [2.75, 3.05) is 0 Å². The molecule has 0 spiro atoms. The highest BCUT2D eigenvalue weighted by molar-refractivity contribution is 6.33. The van der Waals surface area contributed by atoms with Crippen LogP contribution >= 0.6 is 11.6 Å². The predicted octanol–water partition coefficient (Wildman–Crippen LogP) is 5.65. The van der Waals surface area contributed by atoms with Crippen LogP contribution in [0.25, 0.3) is 16.6 Å². The van der Waals surface area contributed by atoms with Gasteiger partial charge in [0.2, 0.25) is 0 Å². The summed E-state index contributed by atoms with van der Waals surface area (Å²) in [4.78, 5) is 11.6. The van der Waals surface area contributed by atoms with E-state index in [1.807, 2.05) is 77.3 Å². The molecule has 0 N–H and O–H groups in total. The zero-order valence-corrected chi connectivity index (χ0v) is 14.7. The number of fused-ring (bicyclic) bond motifs is 1. The van der Waals surface area contributed by atoms with E-state index in [9.17, 15) is 4.79 Å². The number of hydrogen-bond acceptors (Lipinski definition) is 2. The minimum atomic E-state index is 0.478. The first kappa shape index (κ1) is 16.4. The molecular formula is C22H16ClNO2. The number of halogens is 1. The summed E-state index contributed by atoms with van der Waals surface area (Å²) in [7, 11) is 0. The first-order valence-electron chi connectivity index (χ1n) is 8.28. The van der Waals surface area contributed by atoms with Crippen LogP contribution in [0.2, 0.25) is 5.02 Å². The maximum Gasteiger partial charge on any atom is 0.167 e. The Balaban J connectivity index is 1.65. The number of rotatable bonds is 5. The van der Waals surface area contributed by atoms with Gasteiger partial charge in [0, 0.05) is 22.8 Å². The molecule has 4 rings (SSSR count). The molecule has 0 saturated heterocycles. The average Bonchev–Trinajstić information content (AvgIpc) is 3.05. The molecule has 4 aromatic rings. The molecule has 2 heterocycles. The van der Waals surface area contributed by atoms with Crippen LogP contribution in [-0.2, 0) is 6.61 Å². The Morgan fingerprint density at radius 3 is 2.50 bits per heavy atom. The molecule has 4 heteroatoms. The first-order valence-corrected chi connectivity index (χ1v) is 8.66. The summed E-state index contributed by atoms with van der Waals surface area (Å²) in [5.74, 6) is 0.694. The van der Waals surface area contributed by atoms with Gasteiger partial charge in [-0.25, -0.2) is 0 Å². The number of carbonyl (C=O) groups is 1. The Hall–Kier alpha value is -3.04. The van der Waals surface area contributed by atoms with Crippen molar-refractivity contribution in [1.29, 1.82) is 0 Å². The number of carbonyl (C=O) groups excluding carboxylic acids is 1. The third-order valence-electron chi connectivity index (χ3n) is 4.31. The molecule has 2 aromatic heterocycles. The van der Waals surface area contributed by atoms with Crippen molar-refractivity contribution in [3.05, 3.63) is 95.3 Å². The summed E-state index contributed by atoms with van der Waals surface area (Å²) >= 11 is 6.50. The molecule has 26 heavy (non-hydrogen) atoms. The van der Waals surface area contributed by atoms with E-state index in [2.05, 4.69) is 0 Å². The van der Waals surface area contributed by atoms with Gasteiger partial charge in [0.05, 0.1) is 10.7 Å². The lowest BCUT2D eigenvalue weighted by Gasteiger charge is -2.09. The standard InChI is InChI=1S/C22H16ClNO2/c23-21-13-18(26-15-16-6-2-1-3-7-16)9-10-19(21)20-12-17-8-4-5-11-24(17)22(20)14-25/h1-14H,15H2. The molecule has 0 saturated carbocycles. The van der Waals surface area contributed by atoms with Crippen LogP contribution in [-0.4, -0.2) is 10.7 Å². The van der Waals surface area contributed by atoms with Crippen LogP contribution in [0.15, 0.2) is 79.0 Å². The predicted molar refractivity (Wildman–Crippen MR) is 104 cm³/mol. The maximum atomic E-state index is 11.6. The van der Waals surface area contributed by atoms with Gasteiger partial charge in [0.25, 0.3) is 0 Å². The van der Waals surface area contributed by atoms with E-state index in [1.165, 1.54) is 0 Å². The van der Waals surface area contributed by atoms with E-state index in [-0.39, 0.29) is 0 Å². The Bertz CT molecular complexity index is 1070. The monoisotopic (exact) mass is 361 g/mol. The number of nitrogens with zero attached hydrogens (tertiary/aromatic N) is 1. The van der Waals surface area contributed by atoms with Crippen molar-refractivity contribution >= 4 is 23.4 Å². The number of ether oxygens (including phenoxy) is 1. The molecule has 0 fully saturated rings. The van der Waals surface area contributed by atoms with Crippen LogP contribution < -0.4 is 4.74 Å². The lowest BCUT2D eigenvalue weighted by Crippen LogP contribution is -1.95. The Morgan fingerprint density at radius 1 is 0.923 bits per heavy atom. The topological polar surface area (TPSA) is 30.7 Å². The summed E-state index contributed by atoms with van der Waals surface area (Å²) in [5.41, 5.74) is 4.25. The number of pyridine rings is 1. The SMILES string of the molecule is O=Cc1c(-c2ccc(OCc3ccccc3)cc2Cl)cc2ccccn12. The largest absolute Gasteiger partial charge is 0.489 e. The van der Waals surface area contributed by atoms with Crippen LogP contribution in [0.4, 0.5) is 0 Å². The molecule has 2 aromatic carbocycles. The van der Waals surface area contributed by atoms with E-state index < -0.39 is 0 Å². The molecule has 0 bridgehead atoms. The highest BCUT2D eigenvalue weighted by Gasteiger charge is 2.14. The minimum Gasteiger partial charge on any atom is -0.489 e. The normalized spacial score (nSPS) is 10.8. The third-order valence-corrected chi connectivity index (χ3v) is 4.62. The first-order chi connectivity index (χ1) is 12.8. The van der Waals surface area contributed by atoms with Gasteiger partial charge < -0.3 is 9.14 Å². The molecule has 0 atom stereocenters. The molecule has 0 aliphatic rings. The number of benzene rings is 2. The van der Waals surface area contributed by atoms with Crippen molar-refractivity contribution in [2.24, 2.45) is 0 Å². The number of hydrogen-bond donors (Lipinski definition) is 0. The molecule has 3 nitrogen and oxygen atoms in total. The average molecular weight is 362 g/mol. The summed E-state index contributed by atoms with van der Waals surface area (Å²) in [5, 5.41) is 0.551. The molecule has 0 unspecified atom stereocenters. The van der Waals surface area contributed by atoms with Gasteiger partial charge >= 0.3 is 0 Å². The van der Waals surface area contributed by atoms with E-state index in [4.69, 9.17) is 16.3 Å². The van der Waals surface area contributed by atoms with Crippen LogP contribution in [0.3, 0.4) is 0 Å². The van der Waals surface area contributed by atoms with E-state index >= 15 is 0 Å². The van der Waals surface area contributed by atoms with Crippen LogP contribution in [0, 0.1) is 0 Å². The molecule has 0 radical (unpaired) electrons. The second-order valence-corrected chi connectivity index (χ2v) is 6.38. The summed E-state index contributed by atoms with van der Waals surface area (Å²) < 4.78 is 7.68. The lowest BCUT2D eigenvalue weighted by molar-refractivity contribution is 0.111. The summed E-state index contributed by atoms with van der Waals surface area (Å²) in [6, 6.07) is 23.3. The molecule has 0 amide bonds. The zero-order valence-electron chi connectivity index (χ0n) is 13.9. The van der Waals surface area contributed by atoms with Gasteiger partial charge in [-0.1, -0.05) is 48.0 Å². The van der Waals surface area contributed by atoms with E-state index in [1.54, 1.807) is 6.07 Å². The maximum absolute atomic E-state index is 11.6. The van der Waals surface area contributed by atoms with Gasteiger partial charge in [-0.2, -0.15) is 0 Å².